The normalized spacial score (nSPS) is 11.0. The third-order valence-corrected chi connectivity index (χ3v) is 4.88. The molecule has 0 heterocycles. The van der Waals surface area contributed by atoms with Crippen molar-refractivity contribution in [3.05, 3.63) is 101 Å². The molecule has 0 spiro atoms. The standard InChI is InChI=1S/C25H18ClFN2O2/c26-20-14-17(15-28-22-11-5-7-18-6-1-2-8-19(18)22)12-13-24(20)31-16-25(30)29-23-10-4-3-9-21(23)27/h1-15H,16H2,(H,29,30). The average Bonchev–Trinajstić information content (AvgIpc) is 2.78. The summed E-state index contributed by atoms with van der Waals surface area (Å²) in [7, 11) is 0. The highest BCUT2D eigenvalue weighted by atomic mass is 35.5. The zero-order valence-corrected chi connectivity index (χ0v) is 17.1. The van der Waals surface area contributed by atoms with Crippen LogP contribution < -0.4 is 10.1 Å². The van der Waals surface area contributed by atoms with E-state index in [0.29, 0.717) is 10.8 Å². The molecule has 0 aliphatic carbocycles. The Morgan fingerprint density at radius 1 is 1.00 bits per heavy atom. The van der Waals surface area contributed by atoms with Crippen LogP contribution in [-0.2, 0) is 4.79 Å². The number of aliphatic imine (C=N–C) groups is 1. The monoisotopic (exact) mass is 432 g/mol. The molecular formula is C25H18ClFN2O2. The molecule has 4 rings (SSSR count). The van der Waals surface area contributed by atoms with E-state index in [0.717, 1.165) is 22.0 Å². The van der Waals surface area contributed by atoms with Crippen LogP contribution in [-0.4, -0.2) is 18.7 Å². The molecule has 1 N–H and O–H groups in total. The first-order chi connectivity index (χ1) is 15.1. The van der Waals surface area contributed by atoms with Gasteiger partial charge in [-0.05, 0) is 47.3 Å². The molecule has 4 aromatic rings. The molecule has 0 atom stereocenters. The highest BCUT2D eigenvalue weighted by molar-refractivity contribution is 6.32. The van der Waals surface area contributed by atoms with Gasteiger partial charge in [-0.3, -0.25) is 9.79 Å². The van der Waals surface area contributed by atoms with E-state index in [1.807, 2.05) is 42.5 Å². The van der Waals surface area contributed by atoms with Gasteiger partial charge in [-0.2, -0.15) is 0 Å². The Labute approximate surface area is 184 Å². The largest absolute Gasteiger partial charge is 0.482 e. The van der Waals surface area contributed by atoms with Crippen LogP contribution >= 0.6 is 11.6 Å². The number of carbonyl (C=O) groups excluding carboxylic acids is 1. The maximum absolute atomic E-state index is 13.6. The van der Waals surface area contributed by atoms with Crippen LogP contribution in [0.15, 0.2) is 89.9 Å². The van der Waals surface area contributed by atoms with E-state index in [9.17, 15) is 9.18 Å². The second kappa shape index (κ2) is 9.41. The fourth-order valence-electron chi connectivity index (χ4n) is 3.07. The van der Waals surface area contributed by atoms with E-state index in [-0.39, 0.29) is 12.3 Å². The van der Waals surface area contributed by atoms with Gasteiger partial charge in [0.25, 0.3) is 5.91 Å². The maximum atomic E-state index is 13.6. The summed E-state index contributed by atoms with van der Waals surface area (Å²) in [4.78, 5) is 16.6. The summed E-state index contributed by atoms with van der Waals surface area (Å²) >= 11 is 6.30. The number of fused-ring (bicyclic) bond motifs is 1. The number of nitrogens with one attached hydrogen (secondary N) is 1. The molecule has 0 aliphatic rings. The fourth-order valence-corrected chi connectivity index (χ4v) is 3.32. The van der Waals surface area contributed by atoms with Crippen LogP contribution in [0.1, 0.15) is 5.56 Å². The number of hydrogen-bond acceptors (Lipinski definition) is 3. The minimum Gasteiger partial charge on any atom is -0.482 e. The van der Waals surface area contributed by atoms with Crippen molar-refractivity contribution >= 4 is 45.9 Å². The van der Waals surface area contributed by atoms with Gasteiger partial charge in [-0.15, -0.1) is 0 Å². The summed E-state index contributed by atoms with van der Waals surface area (Å²) in [6.07, 6.45) is 1.72. The molecule has 6 heteroatoms. The number of carbonyl (C=O) groups is 1. The minimum absolute atomic E-state index is 0.0993. The molecule has 1 amide bonds. The highest BCUT2D eigenvalue weighted by Crippen LogP contribution is 2.27. The summed E-state index contributed by atoms with van der Waals surface area (Å²) in [5, 5.41) is 4.99. The van der Waals surface area contributed by atoms with Crippen LogP contribution in [0, 0.1) is 5.82 Å². The molecule has 4 aromatic carbocycles. The Hall–Kier alpha value is -3.70. The predicted octanol–water partition coefficient (Wildman–Crippen LogP) is 6.40. The third kappa shape index (κ3) is 5.08. The maximum Gasteiger partial charge on any atom is 0.262 e. The van der Waals surface area contributed by atoms with Gasteiger partial charge in [-0.25, -0.2) is 4.39 Å². The first-order valence-electron chi connectivity index (χ1n) is 9.59. The number of ether oxygens (including phenoxy) is 1. The topological polar surface area (TPSA) is 50.7 Å². The second-order valence-corrected chi connectivity index (χ2v) is 7.17. The number of anilines is 1. The Balaban J connectivity index is 1.41. The number of amides is 1. The molecular weight excluding hydrogens is 415 g/mol. The van der Waals surface area contributed by atoms with Gasteiger partial charge in [-0.1, -0.05) is 60.1 Å². The Morgan fingerprint density at radius 3 is 2.61 bits per heavy atom. The van der Waals surface area contributed by atoms with Crippen molar-refractivity contribution in [2.45, 2.75) is 0 Å². The number of para-hydroxylation sites is 1. The number of hydrogen-bond donors (Lipinski definition) is 1. The van der Waals surface area contributed by atoms with Crippen LogP contribution in [0.5, 0.6) is 5.75 Å². The number of halogens is 2. The van der Waals surface area contributed by atoms with E-state index in [1.54, 1.807) is 36.5 Å². The quantitative estimate of drug-likeness (QED) is 0.358. The molecule has 0 bridgehead atoms. The van der Waals surface area contributed by atoms with Gasteiger partial charge in [0.15, 0.2) is 6.61 Å². The van der Waals surface area contributed by atoms with Crippen molar-refractivity contribution in [2.24, 2.45) is 4.99 Å². The molecule has 154 valence electrons. The van der Waals surface area contributed by atoms with Crippen LogP contribution in [0.25, 0.3) is 10.8 Å². The Kier molecular flexibility index (Phi) is 6.24. The van der Waals surface area contributed by atoms with Crippen LogP contribution in [0.2, 0.25) is 5.02 Å². The van der Waals surface area contributed by atoms with E-state index >= 15 is 0 Å². The molecule has 0 fully saturated rings. The predicted molar refractivity (Wildman–Crippen MR) is 123 cm³/mol. The van der Waals surface area contributed by atoms with Crippen LogP contribution in [0.4, 0.5) is 15.8 Å². The summed E-state index contributed by atoms with van der Waals surface area (Å²) in [5.74, 6) is -0.640. The van der Waals surface area contributed by atoms with Gasteiger partial charge in [0.05, 0.1) is 16.4 Å². The zero-order valence-electron chi connectivity index (χ0n) is 16.4. The molecule has 0 aliphatic heterocycles. The first-order valence-corrected chi connectivity index (χ1v) is 9.96. The molecule has 0 saturated carbocycles. The van der Waals surface area contributed by atoms with Gasteiger partial charge in [0.1, 0.15) is 11.6 Å². The van der Waals surface area contributed by atoms with Crippen molar-refractivity contribution in [3.8, 4) is 5.75 Å². The molecule has 31 heavy (non-hydrogen) atoms. The summed E-state index contributed by atoms with van der Waals surface area (Å²) < 4.78 is 19.1. The van der Waals surface area contributed by atoms with E-state index in [1.165, 1.54) is 12.1 Å². The lowest BCUT2D eigenvalue weighted by molar-refractivity contribution is -0.118. The van der Waals surface area contributed by atoms with Gasteiger partial charge >= 0.3 is 0 Å². The molecule has 0 radical (unpaired) electrons. The summed E-state index contributed by atoms with van der Waals surface area (Å²) in [6, 6.07) is 25.1. The van der Waals surface area contributed by atoms with Crippen molar-refractivity contribution in [3.63, 3.8) is 0 Å². The SMILES string of the molecule is O=C(COc1ccc(C=Nc2cccc3ccccc23)cc1Cl)Nc1ccccc1F. The minimum atomic E-state index is -0.510. The van der Waals surface area contributed by atoms with Gasteiger partial charge in [0, 0.05) is 11.6 Å². The van der Waals surface area contributed by atoms with E-state index in [2.05, 4.69) is 10.3 Å². The van der Waals surface area contributed by atoms with Crippen molar-refractivity contribution in [1.82, 2.24) is 0 Å². The molecule has 0 saturated heterocycles. The smallest absolute Gasteiger partial charge is 0.262 e. The average molecular weight is 433 g/mol. The zero-order chi connectivity index (χ0) is 21.6. The number of nitrogens with zero attached hydrogens (tertiary/aromatic N) is 1. The van der Waals surface area contributed by atoms with E-state index < -0.39 is 11.7 Å². The fraction of sp³-hybridized carbons (Fsp3) is 0.0400. The van der Waals surface area contributed by atoms with Crippen molar-refractivity contribution in [1.29, 1.82) is 0 Å². The number of rotatable bonds is 6. The Bertz CT molecular complexity index is 1270. The highest BCUT2D eigenvalue weighted by Gasteiger charge is 2.09. The lowest BCUT2D eigenvalue weighted by Crippen LogP contribution is -2.20. The van der Waals surface area contributed by atoms with Gasteiger partial charge < -0.3 is 10.1 Å². The lowest BCUT2D eigenvalue weighted by atomic mass is 10.1. The van der Waals surface area contributed by atoms with E-state index in [4.69, 9.17) is 16.3 Å². The summed E-state index contributed by atoms with van der Waals surface area (Å²) in [5.41, 5.74) is 1.75. The lowest BCUT2D eigenvalue weighted by Gasteiger charge is -2.09. The number of benzene rings is 4. The molecule has 0 aromatic heterocycles. The Morgan fingerprint density at radius 2 is 1.77 bits per heavy atom. The third-order valence-electron chi connectivity index (χ3n) is 4.58. The summed E-state index contributed by atoms with van der Waals surface area (Å²) in [6.45, 7) is -0.294. The first kappa shape index (κ1) is 20.6. The van der Waals surface area contributed by atoms with Crippen molar-refractivity contribution < 1.29 is 13.9 Å². The van der Waals surface area contributed by atoms with Crippen LogP contribution in [0.3, 0.4) is 0 Å². The second-order valence-electron chi connectivity index (χ2n) is 6.76. The molecule has 4 nitrogen and oxygen atoms in total. The van der Waals surface area contributed by atoms with Crippen molar-refractivity contribution in [2.75, 3.05) is 11.9 Å². The van der Waals surface area contributed by atoms with Gasteiger partial charge in [0.2, 0.25) is 0 Å². The molecule has 0 unspecified atom stereocenters.